The van der Waals surface area contributed by atoms with Crippen LogP contribution in [0.3, 0.4) is 0 Å². The van der Waals surface area contributed by atoms with Crippen molar-refractivity contribution < 1.29 is 31.6 Å². The van der Waals surface area contributed by atoms with E-state index in [-0.39, 0.29) is 55.4 Å². The SMILES string of the molecule is Nc1ccc(/C=C/C(=O)NCc2cc3cc(-c4ccc(C(=O)N5CCC(F)(F)CC5)cn4)cc(-c4ccc(F)cc4F)c3o2)cn1. The third-order valence-corrected chi connectivity index (χ3v) is 7.65. The van der Waals surface area contributed by atoms with E-state index in [0.717, 1.165) is 12.1 Å². The van der Waals surface area contributed by atoms with Crippen LogP contribution in [0, 0.1) is 11.6 Å². The van der Waals surface area contributed by atoms with Gasteiger partial charge in [-0.2, -0.15) is 0 Å². The molecule has 1 saturated heterocycles. The van der Waals surface area contributed by atoms with E-state index in [1.54, 1.807) is 48.5 Å². The van der Waals surface area contributed by atoms with E-state index in [1.165, 1.54) is 29.4 Å². The summed E-state index contributed by atoms with van der Waals surface area (Å²) >= 11 is 0. The largest absolute Gasteiger partial charge is 0.459 e. The number of furan rings is 1. The molecular formula is C34H27F4N5O3. The standard InChI is InChI=1S/C34H27F4N5O3/c35-24-4-5-26(28(36)16-24)27-15-22(29-6-3-21(18-40-29)33(45)43-11-9-34(37,38)10-12-43)13-23-14-25(46-32(23)27)19-42-31(44)8-2-20-1-7-30(39)41-17-20/h1-8,13-18H,9-12,19H2,(H2,39,41)(H,42,44)/b8-2+. The number of nitrogens with zero attached hydrogens (tertiary/aromatic N) is 3. The van der Waals surface area contributed by atoms with Crippen LogP contribution in [0.15, 0.2) is 83.6 Å². The number of pyridine rings is 2. The van der Waals surface area contributed by atoms with Gasteiger partial charge in [-0.05, 0) is 66.2 Å². The molecule has 8 nitrogen and oxygen atoms in total. The molecule has 0 saturated carbocycles. The molecule has 0 radical (unpaired) electrons. The van der Waals surface area contributed by atoms with Crippen molar-refractivity contribution in [2.24, 2.45) is 0 Å². The van der Waals surface area contributed by atoms with Gasteiger partial charge in [-0.1, -0.05) is 0 Å². The summed E-state index contributed by atoms with van der Waals surface area (Å²) in [6.45, 7) is -0.0665. The van der Waals surface area contributed by atoms with Gasteiger partial charge in [-0.3, -0.25) is 14.6 Å². The average molecular weight is 630 g/mol. The highest BCUT2D eigenvalue weighted by Gasteiger charge is 2.35. The zero-order valence-electron chi connectivity index (χ0n) is 24.3. The van der Waals surface area contributed by atoms with Crippen LogP contribution in [0.4, 0.5) is 23.4 Å². The number of hydrogen-bond acceptors (Lipinski definition) is 6. The molecule has 12 heteroatoms. The molecule has 46 heavy (non-hydrogen) atoms. The van der Waals surface area contributed by atoms with Gasteiger partial charge in [0.25, 0.3) is 11.8 Å². The number of halogens is 4. The minimum absolute atomic E-state index is 0.0238. The summed E-state index contributed by atoms with van der Waals surface area (Å²) in [7, 11) is 0. The first-order chi connectivity index (χ1) is 22.0. The summed E-state index contributed by atoms with van der Waals surface area (Å²) < 4.78 is 61.9. The number of benzene rings is 2. The Morgan fingerprint density at radius 3 is 2.46 bits per heavy atom. The monoisotopic (exact) mass is 629 g/mol. The number of amides is 2. The van der Waals surface area contributed by atoms with Gasteiger partial charge in [0.15, 0.2) is 0 Å². The van der Waals surface area contributed by atoms with Gasteiger partial charge >= 0.3 is 0 Å². The molecule has 0 atom stereocenters. The van der Waals surface area contributed by atoms with Crippen molar-refractivity contribution in [3.63, 3.8) is 0 Å². The summed E-state index contributed by atoms with van der Waals surface area (Å²) in [5.74, 6) is -4.34. The Morgan fingerprint density at radius 2 is 1.76 bits per heavy atom. The van der Waals surface area contributed by atoms with E-state index in [1.807, 2.05) is 0 Å². The minimum atomic E-state index is -2.77. The molecule has 6 rings (SSSR count). The number of piperidine rings is 1. The number of carbonyl (C=O) groups is 2. The lowest BCUT2D eigenvalue weighted by molar-refractivity contribution is -0.116. The first-order valence-corrected chi connectivity index (χ1v) is 14.4. The van der Waals surface area contributed by atoms with Crippen molar-refractivity contribution in [2.75, 3.05) is 18.8 Å². The Morgan fingerprint density at radius 1 is 0.957 bits per heavy atom. The molecule has 3 N–H and O–H groups in total. The van der Waals surface area contributed by atoms with Crippen LogP contribution in [0.2, 0.25) is 0 Å². The molecule has 0 aliphatic carbocycles. The fourth-order valence-electron chi connectivity index (χ4n) is 5.18. The van der Waals surface area contributed by atoms with Crippen LogP contribution in [-0.2, 0) is 11.3 Å². The predicted octanol–water partition coefficient (Wildman–Crippen LogP) is 6.62. The molecular weight excluding hydrogens is 602 g/mol. The van der Waals surface area contributed by atoms with Crippen molar-refractivity contribution in [1.29, 1.82) is 0 Å². The van der Waals surface area contributed by atoms with Crippen LogP contribution in [0.5, 0.6) is 0 Å². The van der Waals surface area contributed by atoms with Gasteiger partial charge < -0.3 is 20.4 Å². The lowest BCUT2D eigenvalue weighted by Gasteiger charge is -2.31. The maximum Gasteiger partial charge on any atom is 0.255 e. The maximum atomic E-state index is 15.0. The van der Waals surface area contributed by atoms with Crippen molar-refractivity contribution >= 4 is 34.7 Å². The predicted molar refractivity (Wildman–Crippen MR) is 164 cm³/mol. The molecule has 4 heterocycles. The summed E-state index contributed by atoms with van der Waals surface area (Å²) in [6.07, 6.45) is 5.05. The van der Waals surface area contributed by atoms with E-state index in [0.29, 0.717) is 44.9 Å². The molecule has 0 spiro atoms. The quantitative estimate of drug-likeness (QED) is 0.155. The van der Waals surface area contributed by atoms with E-state index < -0.39 is 17.6 Å². The summed E-state index contributed by atoms with van der Waals surface area (Å²) in [6, 6.07) is 14.8. The smallest absolute Gasteiger partial charge is 0.255 e. The van der Waals surface area contributed by atoms with Crippen LogP contribution in [0.25, 0.3) is 39.4 Å². The Labute approximate surface area is 260 Å². The van der Waals surface area contributed by atoms with Gasteiger partial charge in [0.1, 0.15) is 28.8 Å². The fraction of sp³-hybridized carbons (Fsp3) is 0.176. The summed E-state index contributed by atoms with van der Waals surface area (Å²) in [4.78, 5) is 35.1. The zero-order chi connectivity index (χ0) is 32.4. The second-order valence-corrected chi connectivity index (χ2v) is 10.9. The molecule has 1 fully saturated rings. The van der Waals surface area contributed by atoms with Gasteiger partial charge in [0.2, 0.25) is 5.91 Å². The Kier molecular flexibility index (Phi) is 8.27. The Balaban J connectivity index is 1.27. The lowest BCUT2D eigenvalue weighted by atomic mass is 9.98. The van der Waals surface area contributed by atoms with Gasteiger partial charge in [-0.15, -0.1) is 0 Å². The molecule has 2 amide bonds. The first-order valence-electron chi connectivity index (χ1n) is 14.4. The number of anilines is 1. The highest BCUT2D eigenvalue weighted by atomic mass is 19.3. The summed E-state index contributed by atoms with van der Waals surface area (Å²) in [5.41, 5.74) is 8.26. The number of alkyl halides is 2. The molecule has 0 unspecified atom stereocenters. The van der Waals surface area contributed by atoms with Crippen molar-refractivity contribution in [3.8, 4) is 22.4 Å². The Bertz CT molecular complexity index is 1950. The second-order valence-electron chi connectivity index (χ2n) is 10.9. The number of aromatic nitrogens is 2. The van der Waals surface area contributed by atoms with Crippen molar-refractivity contribution in [3.05, 3.63) is 108 Å². The van der Waals surface area contributed by atoms with E-state index in [4.69, 9.17) is 10.2 Å². The molecule has 5 aromatic rings. The lowest BCUT2D eigenvalue weighted by Crippen LogP contribution is -2.42. The van der Waals surface area contributed by atoms with E-state index in [2.05, 4.69) is 15.3 Å². The number of likely N-dealkylation sites (tertiary alicyclic amines) is 1. The molecule has 234 valence electrons. The molecule has 3 aromatic heterocycles. The third kappa shape index (κ3) is 6.75. The van der Waals surface area contributed by atoms with Gasteiger partial charge in [0, 0.05) is 72.5 Å². The van der Waals surface area contributed by atoms with Crippen LogP contribution >= 0.6 is 0 Å². The number of fused-ring (bicyclic) bond motifs is 1. The molecule has 0 bridgehead atoms. The van der Waals surface area contributed by atoms with Crippen molar-refractivity contribution in [1.82, 2.24) is 20.2 Å². The first kappa shape index (κ1) is 30.5. The Hall–Kier alpha value is -5.52. The molecule has 1 aliphatic heterocycles. The molecule has 2 aromatic carbocycles. The van der Waals surface area contributed by atoms with Crippen molar-refractivity contribution in [2.45, 2.75) is 25.3 Å². The van der Waals surface area contributed by atoms with Gasteiger partial charge in [-0.25, -0.2) is 22.5 Å². The van der Waals surface area contributed by atoms with Crippen LogP contribution < -0.4 is 11.1 Å². The number of rotatable bonds is 7. The van der Waals surface area contributed by atoms with Crippen LogP contribution in [-0.4, -0.2) is 45.7 Å². The summed E-state index contributed by atoms with van der Waals surface area (Å²) in [5, 5.41) is 3.31. The number of carbonyl (C=O) groups excluding carboxylic acids is 2. The third-order valence-electron chi connectivity index (χ3n) is 7.65. The highest BCUT2D eigenvalue weighted by Crippen LogP contribution is 2.37. The highest BCUT2D eigenvalue weighted by molar-refractivity contribution is 5.98. The normalized spacial score (nSPS) is 14.6. The van der Waals surface area contributed by atoms with Crippen LogP contribution in [0.1, 0.15) is 34.5 Å². The number of hydrogen-bond donors (Lipinski definition) is 2. The maximum absolute atomic E-state index is 15.0. The number of nitrogens with one attached hydrogen (secondary N) is 1. The average Bonchev–Trinajstić information content (AvgIpc) is 3.46. The zero-order valence-corrected chi connectivity index (χ0v) is 24.3. The fourth-order valence-corrected chi connectivity index (χ4v) is 5.18. The van der Waals surface area contributed by atoms with Gasteiger partial charge in [0.05, 0.1) is 17.8 Å². The second kappa shape index (κ2) is 12.5. The molecule has 1 aliphatic rings. The van der Waals surface area contributed by atoms with E-state index >= 15 is 4.39 Å². The minimum Gasteiger partial charge on any atom is -0.459 e. The topological polar surface area (TPSA) is 114 Å². The number of nitrogens with two attached hydrogens (primary N) is 1. The number of nitrogen functional groups attached to an aromatic ring is 1. The van der Waals surface area contributed by atoms with E-state index in [9.17, 15) is 22.8 Å².